The van der Waals surface area contributed by atoms with E-state index in [1.807, 2.05) is 13.0 Å². The lowest BCUT2D eigenvalue weighted by Crippen LogP contribution is -2.49. The van der Waals surface area contributed by atoms with Crippen LogP contribution in [0.3, 0.4) is 0 Å². The van der Waals surface area contributed by atoms with Gasteiger partial charge in [0.1, 0.15) is 0 Å². The van der Waals surface area contributed by atoms with Crippen molar-refractivity contribution in [1.82, 2.24) is 0 Å². The maximum absolute atomic E-state index is 10.8. The van der Waals surface area contributed by atoms with E-state index >= 15 is 0 Å². The summed E-state index contributed by atoms with van der Waals surface area (Å²) in [7, 11) is 0. The highest BCUT2D eigenvalue weighted by Crippen LogP contribution is 2.61. The summed E-state index contributed by atoms with van der Waals surface area (Å²) in [6.45, 7) is 12.9. The molecule has 0 radical (unpaired) electrons. The van der Waals surface area contributed by atoms with Gasteiger partial charge < -0.3 is 10.2 Å². The molecule has 4 atom stereocenters. The SMILES string of the molecule is C=C1CCC2(C)C(C)=CC(O)CC2C1(C)CCC(C)=CC(=O)O. The largest absolute Gasteiger partial charge is 0.478 e. The molecule has 2 N–H and O–H groups in total. The molecule has 2 rings (SSSR count). The fourth-order valence-corrected chi connectivity index (χ4v) is 4.69. The number of fused-ring (bicyclic) bond motifs is 1. The molecular formula is C20H30O3. The first-order valence-corrected chi connectivity index (χ1v) is 8.55. The number of allylic oxidation sites excluding steroid dienone is 3. The van der Waals surface area contributed by atoms with Crippen molar-refractivity contribution in [1.29, 1.82) is 0 Å². The van der Waals surface area contributed by atoms with Gasteiger partial charge in [-0.05, 0) is 62.7 Å². The van der Waals surface area contributed by atoms with Gasteiger partial charge in [0.15, 0.2) is 0 Å². The van der Waals surface area contributed by atoms with Crippen LogP contribution in [0.1, 0.15) is 59.8 Å². The molecule has 3 heteroatoms. The lowest BCUT2D eigenvalue weighted by molar-refractivity contribution is -0.131. The van der Waals surface area contributed by atoms with Gasteiger partial charge >= 0.3 is 5.97 Å². The van der Waals surface area contributed by atoms with Gasteiger partial charge in [-0.3, -0.25) is 0 Å². The second-order valence-corrected chi connectivity index (χ2v) is 7.97. The summed E-state index contributed by atoms with van der Waals surface area (Å²) < 4.78 is 0. The Labute approximate surface area is 139 Å². The molecule has 0 bridgehead atoms. The predicted octanol–water partition coefficient (Wildman–Crippen LogP) is 4.49. The molecule has 0 aliphatic heterocycles. The van der Waals surface area contributed by atoms with Crippen LogP contribution in [0, 0.1) is 16.7 Å². The second kappa shape index (κ2) is 6.27. The first-order chi connectivity index (χ1) is 10.6. The molecule has 0 aromatic rings. The zero-order valence-electron chi connectivity index (χ0n) is 14.9. The molecule has 2 aliphatic rings. The number of aliphatic hydroxyl groups is 1. The van der Waals surface area contributed by atoms with E-state index < -0.39 is 5.97 Å². The Bertz CT molecular complexity index is 571. The van der Waals surface area contributed by atoms with Gasteiger partial charge in [0.2, 0.25) is 0 Å². The molecule has 23 heavy (non-hydrogen) atoms. The smallest absolute Gasteiger partial charge is 0.328 e. The number of aliphatic carboxylic acids is 1. The van der Waals surface area contributed by atoms with Crippen molar-refractivity contribution in [3.63, 3.8) is 0 Å². The van der Waals surface area contributed by atoms with E-state index in [9.17, 15) is 9.90 Å². The van der Waals surface area contributed by atoms with Crippen molar-refractivity contribution in [2.45, 2.75) is 65.9 Å². The fourth-order valence-electron chi connectivity index (χ4n) is 4.69. The normalized spacial score (nSPS) is 38.0. The lowest BCUT2D eigenvalue weighted by atomic mass is 9.48. The number of carbonyl (C=O) groups is 1. The molecule has 0 aromatic carbocycles. The zero-order chi connectivity index (χ0) is 17.4. The molecule has 0 saturated heterocycles. The van der Waals surface area contributed by atoms with E-state index in [2.05, 4.69) is 27.4 Å². The number of carboxylic acids is 1. The van der Waals surface area contributed by atoms with Crippen molar-refractivity contribution in [3.05, 3.63) is 35.5 Å². The summed E-state index contributed by atoms with van der Waals surface area (Å²) in [6, 6.07) is 0. The molecule has 0 spiro atoms. The van der Waals surface area contributed by atoms with Crippen molar-refractivity contribution in [3.8, 4) is 0 Å². The Hall–Kier alpha value is -1.35. The molecule has 1 saturated carbocycles. The summed E-state index contributed by atoms with van der Waals surface area (Å²) in [4.78, 5) is 10.8. The summed E-state index contributed by atoms with van der Waals surface area (Å²) in [6.07, 6.45) is 7.45. The van der Waals surface area contributed by atoms with E-state index in [-0.39, 0.29) is 16.9 Å². The molecular weight excluding hydrogens is 288 g/mol. The molecule has 0 heterocycles. The third-order valence-electron chi connectivity index (χ3n) is 6.52. The first-order valence-electron chi connectivity index (χ1n) is 8.55. The van der Waals surface area contributed by atoms with E-state index in [1.165, 1.54) is 17.2 Å². The standard InChI is InChI=1S/C20H30O3/c1-13(10-18(22)23)6-8-19(4)14(2)7-9-20(5)15(3)11-16(21)12-17(19)20/h10-11,16-17,21H,2,6-9,12H2,1,3-5H3,(H,22,23). The monoisotopic (exact) mass is 318 g/mol. The maximum Gasteiger partial charge on any atom is 0.328 e. The third kappa shape index (κ3) is 3.30. The number of hydrogen-bond donors (Lipinski definition) is 2. The number of hydrogen-bond acceptors (Lipinski definition) is 2. The Morgan fingerprint density at radius 2 is 2.13 bits per heavy atom. The topological polar surface area (TPSA) is 57.5 Å². The van der Waals surface area contributed by atoms with Crippen LogP contribution < -0.4 is 0 Å². The first kappa shape index (κ1) is 18.0. The Kier molecular flexibility index (Phi) is 4.91. The quantitative estimate of drug-likeness (QED) is 0.593. The van der Waals surface area contributed by atoms with Gasteiger partial charge in [0.25, 0.3) is 0 Å². The van der Waals surface area contributed by atoms with E-state index in [0.29, 0.717) is 5.92 Å². The lowest BCUT2D eigenvalue weighted by Gasteiger charge is -2.56. The van der Waals surface area contributed by atoms with Crippen LogP contribution in [0.4, 0.5) is 0 Å². The van der Waals surface area contributed by atoms with Gasteiger partial charge in [-0.2, -0.15) is 0 Å². The van der Waals surface area contributed by atoms with Crippen LogP contribution in [0.5, 0.6) is 0 Å². The minimum Gasteiger partial charge on any atom is -0.478 e. The third-order valence-corrected chi connectivity index (χ3v) is 6.52. The molecule has 3 nitrogen and oxygen atoms in total. The molecule has 0 aromatic heterocycles. The van der Waals surface area contributed by atoms with Gasteiger partial charge in [0, 0.05) is 6.08 Å². The number of carboxylic acid groups (broad SMARTS) is 1. The molecule has 128 valence electrons. The van der Waals surface area contributed by atoms with Crippen LogP contribution in [-0.4, -0.2) is 22.3 Å². The van der Waals surface area contributed by atoms with Gasteiger partial charge in [-0.15, -0.1) is 0 Å². The highest BCUT2D eigenvalue weighted by molar-refractivity contribution is 5.80. The minimum atomic E-state index is -0.883. The highest BCUT2D eigenvalue weighted by Gasteiger charge is 2.52. The fraction of sp³-hybridized carbons (Fsp3) is 0.650. The Balaban J connectivity index is 2.29. The van der Waals surface area contributed by atoms with Gasteiger partial charge in [0.05, 0.1) is 6.10 Å². The Morgan fingerprint density at radius 1 is 1.48 bits per heavy atom. The van der Waals surface area contributed by atoms with E-state index in [4.69, 9.17) is 5.11 Å². The molecule has 0 amide bonds. The van der Waals surface area contributed by atoms with Crippen LogP contribution >= 0.6 is 0 Å². The summed E-state index contributed by atoms with van der Waals surface area (Å²) in [5.41, 5.74) is 3.49. The average Bonchev–Trinajstić information content (AvgIpc) is 2.44. The van der Waals surface area contributed by atoms with Gasteiger partial charge in [-0.1, -0.05) is 43.2 Å². The molecule has 2 aliphatic carbocycles. The van der Waals surface area contributed by atoms with Crippen LogP contribution in [0.15, 0.2) is 35.5 Å². The van der Waals surface area contributed by atoms with Crippen molar-refractivity contribution < 1.29 is 15.0 Å². The van der Waals surface area contributed by atoms with E-state index in [1.54, 1.807) is 0 Å². The van der Waals surface area contributed by atoms with Crippen molar-refractivity contribution in [2.24, 2.45) is 16.7 Å². The number of rotatable bonds is 4. The van der Waals surface area contributed by atoms with Crippen LogP contribution in [0.25, 0.3) is 0 Å². The summed E-state index contributed by atoms with van der Waals surface area (Å²) >= 11 is 0. The van der Waals surface area contributed by atoms with Gasteiger partial charge in [-0.25, -0.2) is 4.79 Å². The van der Waals surface area contributed by atoms with Crippen molar-refractivity contribution in [2.75, 3.05) is 0 Å². The average molecular weight is 318 g/mol. The number of aliphatic hydroxyl groups excluding tert-OH is 1. The highest BCUT2D eigenvalue weighted by atomic mass is 16.4. The van der Waals surface area contributed by atoms with E-state index in [0.717, 1.165) is 37.7 Å². The van der Waals surface area contributed by atoms with Crippen molar-refractivity contribution >= 4 is 5.97 Å². The predicted molar refractivity (Wildman–Crippen MR) is 93.1 cm³/mol. The second-order valence-electron chi connectivity index (χ2n) is 7.97. The van der Waals surface area contributed by atoms with Crippen LogP contribution in [0.2, 0.25) is 0 Å². The summed E-state index contributed by atoms with van der Waals surface area (Å²) in [5.74, 6) is -0.527. The summed E-state index contributed by atoms with van der Waals surface area (Å²) in [5, 5.41) is 19.2. The minimum absolute atomic E-state index is 0.0584. The molecule has 4 unspecified atom stereocenters. The molecule has 1 fully saturated rings. The zero-order valence-corrected chi connectivity index (χ0v) is 14.9. The Morgan fingerprint density at radius 3 is 2.74 bits per heavy atom. The van der Waals surface area contributed by atoms with Crippen LogP contribution in [-0.2, 0) is 4.79 Å². The maximum atomic E-state index is 10.8.